The van der Waals surface area contributed by atoms with Gasteiger partial charge in [0, 0.05) is 0 Å². The lowest BCUT2D eigenvalue weighted by atomic mass is 9.88. The Labute approximate surface area is 105 Å². The van der Waals surface area contributed by atoms with Crippen molar-refractivity contribution in [3.8, 4) is 6.07 Å². The molecule has 0 aliphatic carbocycles. The van der Waals surface area contributed by atoms with Crippen molar-refractivity contribution in [2.45, 2.75) is 33.2 Å². The maximum atomic E-state index is 9.28. The summed E-state index contributed by atoms with van der Waals surface area (Å²) >= 11 is 0. The molecule has 0 saturated heterocycles. The number of nitrogens with zero attached hydrogens (tertiary/aromatic N) is 2. The van der Waals surface area contributed by atoms with Crippen LogP contribution >= 0.6 is 0 Å². The molecule has 0 aliphatic heterocycles. The Hall–Kier alpha value is -1.33. The van der Waals surface area contributed by atoms with Gasteiger partial charge in [-0.15, -0.1) is 0 Å². The van der Waals surface area contributed by atoms with Crippen LogP contribution < -0.4 is 0 Å². The van der Waals surface area contributed by atoms with E-state index < -0.39 is 0 Å². The fourth-order valence-electron chi connectivity index (χ4n) is 2.40. The van der Waals surface area contributed by atoms with Crippen LogP contribution in [-0.4, -0.2) is 19.0 Å². The SMILES string of the molecule is CCC(C#N)C(c1ccc(C)cc1C)N(C)C. The van der Waals surface area contributed by atoms with Gasteiger partial charge in [0.2, 0.25) is 0 Å². The quantitative estimate of drug-likeness (QED) is 0.792. The zero-order chi connectivity index (χ0) is 13.0. The summed E-state index contributed by atoms with van der Waals surface area (Å²) in [4.78, 5) is 2.15. The van der Waals surface area contributed by atoms with E-state index in [1.54, 1.807) is 0 Å². The molecule has 1 rings (SSSR count). The van der Waals surface area contributed by atoms with Crippen LogP contribution in [0.25, 0.3) is 0 Å². The van der Waals surface area contributed by atoms with Crippen molar-refractivity contribution >= 4 is 0 Å². The molecule has 0 fully saturated rings. The highest BCUT2D eigenvalue weighted by atomic mass is 15.1. The predicted octanol–water partition coefficient (Wildman–Crippen LogP) is 3.46. The van der Waals surface area contributed by atoms with Crippen LogP contribution in [0, 0.1) is 31.1 Å². The molecular weight excluding hydrogens is 208 g/mol. The first-order valence-corrected chi connectivity index (χ1v) is 6.14. The minimum atomic E-state index is 0.0476. The van der Waals surface area contributed by atoms with Gasteiger partial charge in [0.25, 0.3) is 0 Å². The van der Waals surface area contributed by atoms with E-state index in [1.807, 2.05) is 14.1 Å². The second-order valence-electron chi connectivity index (χ2n) is 4.91. The van der Waals surface area contributed by atoms with Crippen molar-refractivity contribution in [3.05, 3.63) is 34.9 Å². The summed E-state index contributed by atoms with van der Waals surface area (Å²) in [7, 11) is 4.09. The molecule has 2 heteroatoms. The Kier molecular flexibility index (Phi) is 4.72. The van der Waals surface area contributed by atoms with Crippen LogP contribution in [-0.2, 0) is 0 Å². The highest BCUT2D eigenvalue weighted by molar-refractivity contribution is 5.34. The Morgan fingerprint density at radius 2 is 1.94 bits per heavy atom. The molecule has 2 atom stereocenters. The van der Waals surface area contributed by atoms with Crippen LogP contribution in [0.1, 0.15) is 36.1 Å². The van der Waals surface area contributed by atoms with E-state index in [2.05, 4.69) is 49.9 Å². The van der Waals surface area contributed by atoms with Gasteiger partial charge in [-0.1, -0.05) is 30.7 Å². The van der Waals surface area contributed by atoms with Crippen molar-refractivity contribution in [2.75, 3.05) is 14.1 Å². The van der Waals surface area contributed by atoms with E-state index in [0.717, 1.165) is 6.42 Å². The third-order valence-corrected chi connectivity index (χ3v) is 3.29. The first-order valence-electron chi connectivity index (χ1n) is 6.14. The lowest BCUT2D eigenvalue weighted by Gasteiger charge is -2.29. The van der Waals surface area contributed by atoms with E-state index in [1.165, 1.54) is 16.7 Å². The van der Waals surface area contributed by atoms with Crippen molar-refractivity contribution < 1.29 is 0 Å². The third-order valence-electron chi connectivity index (χ3n) is 3.29. The van der Waals surface area contributed by atoms with E-state index >= 15 is 0 Å². The molecule has 0 spiro atoms. The summed E-state index contributed by atoms with van der Waals surface area (Å²) in [6, 6.07) is 9.10. The molecule has 0 N–H and O–H groups in total. The van der Waals surface area contributed by atoms with Gasteiger partial charge in [0.05, 0.1) is 18.0 Å². The first kappa shape index (κ1) is 13.7. The van der Waals surface area contributed by atoms with Gasteiger partial charge in [-0.25, -0.2) is 0 Å². The average Bonchev–Trinajstić information content (AvgIpc) is 2.26. The molecule has 0 saturated carbocycles. The summed E-state index contributed by atoms with van der Waals surface area (Å²) in [6.07, 6.45) is 0.882. The smallest absolute Gasteiger partial charge is 0.0675 e. The number of hydrogen-bond acceptors (Lipinski definition) is 2. The summed E-state index contributed by atoms with van der Waals surface area (Å²) in [5, 5.41) is 9.28. The first-order chi connectivity index (χ1) is 8.01. The Balaban J connectivity index is 3.19. The van der Waals surface area contributed by atoms with Gasteiger partial charge in [-0.2, -0.15) is 5.26 Å². The fourth-order valence-corrected chi connectivity index (χ4v) is 2.40. The van der Waals surface area contributed by atoms with Crippen LogP contribution in [0.3, 0.4) is 0 Å². The number of hydrogen-bond donors (Lipinski definition) is 0. The molecule has 92 valence electrons. The molecule has 1 aromatic carbocycles. The van der Waals surface area contributed by atoms with Crippen LogP contribution in [0.2, 0.25) is 0 Å². The number of rotatable bonds is 4. The fraction of sp³-hybridized carbons (Fsp3) is 0.533. The second-order valence-corrected chi connectivity index (χ2v) is 4.91. The number of nitriles is 1. The lowest BCUT2D eigenvalue weighted by molar-refractivity contribution is 0.240. The van der Waals surface area contributed by atoms with Gasteiger partial charge < -0.3 is 4.90 Å². The molecule has 17 heavy (non-hydrogen) atoms. The highest BCUT2D eigenvalue weighted by Gasteiger charge is 2.24. The Bertz CT molecular complexity index is 415. The van der Waals surface area contributed by atoms with Gasteiger partial charge in [0.15, 0.2) is 0 Å². The summed E-state index contributed by atoms with van der Waals surface area (Å²) < 4.78 is 0. The molecule has 1 aromatic rings. The highest BCUT2D eigenvalue weighted by Crippen LogP contribution is 2.31. The van der Waals surface area contributed by atoms with Gasteiger partial charge >= 0.3 is 0 Å². The topological polar surface area (TPSA) is 27.0 Å². The summed E-state index contributed by atoms with van der Waals surface area (Å²) in [5.74, 6) is 0.0476. The third kappa shape index (κ3) is 3.08. The molecule has 0 aromatic heterocycles. The Morgan fingerprint density at radius 1 is 1.29 bits per heavy atom. The Morgan fingerprint density at radius 3 is 2.35 bits per heavy atom. The van der Waals surface area contributed by atoms with Crippen molar-refractivity contribution in [1.82, 2.24) is 4.90 Å². The maximum Gasteiger partial charge on any atom is 0.0675 e. The van der Waals surface area contributed by atoms with Gasteiger partial charge in [-0.3, -0.25) is 0 Å². The zero-order valence-electron chi connectivity index (χ0n) is 11.5. The second kappa shape index (κ2) is 5.84. The minimum absolute atomic E-state index is 0.0476. The van der Waals surface area contributed by atoms with Gasteiger partial charge in [-0.05, 0) is 45.5 Å². The van der Waals surface area contributed by atoms with Crippen molar-refractivity contribution in [3.63, 3.8) is 0 Å². The molecule has 0 aliphatic rings. The average molecular weight is 230 g/mol. The van der Waals surface area contributed by atoms with E-state index in [-0.39, 0.29) is 12.0 Å². The summed E-state index contributed by atoms with van der Waals surface area (Å²) in [5.41, 5.74) is 3.82. The maximum absolute atomic E-state index is 9.28. The van der Waals surface area contributed by atoms with E-state index in [9.17, 15) is 5.26 Å². The van der Waals surface area contributed by atoms with Crippen molar-refractivity contribution in [2.24, 2.45) is 5.92 Å². The zero-order valence-corrected chi connectivity index (χ0v) is 11.5. The molecular formula is C15H22N2. The minimum Gasteiger partial charge on any atom is -0.301 e. The molecule has 0 amide bonds. The van der Waals surface area contributed by atoms with Crippen LogP contribution in [0.4, 0.5) is 0 Å². The van der Waals surface area contributed by atoms with E-state index in [4.69, 9.17) is 0 Å². The number of aryl methyl sites for hydroxylation is 2. The summed E-state index contributed by atoms with van der Waals surface area (Å²) in [6.45, 7) is 6.31. The monoisotopic (exact) mass is 230 g/mol. The van der Waals surface area contributed by atoms with Crippen molar-refractivity contribution in [1.29, 1.82) is 5.26 Å². The van der Waals surface area contributed by atoms with Gasteiger partial charge in [0.1, 0.15) is 0 Å². The normalized spacial score (nSPS) is 14.4. The molecule has 2 nitrogen and oxygen atoms in total. The van der Waals surface area contributed by atoms with Crippen LogP contribution in [0.5, 0.6) is 0 Å². The lowest BCUT2D eigenvalue weighted by Crippen LogP contribution is -2.27. The predicted molar refractivity (Wildman–Crippen MR) is 71.7 cm³/mol. The van der Waals surface area contributed by atoms with E-state index in [0.29, 0.717) is 0 Å². The largest absolute Gasteiger partial charge is 0.301 e. The molecule has 0 heterocycles. The van der Waals surface area contributed by atoms with Crippen LogP contribution in [0.15, 0.2) is 18.2 Å². The standard InChI is InChI=1S/C15H22N2/c1-6-13(10-16)15(17(4)5)14-8-7-11(2)9-12(14)3/h7-9,13,15H,6H2,1-5H3. The number of benzene rings is 1. The molecule has 0 bridgehead atoms. The molecule has 0 radical (unpaired) electrons. The molecule has 2 unspecified atom stereocenters.